The van der Waals surface area contributed by atoms with Crippen LogP contribution in [0.5, 0.6) is 5.75 Å². The van der Waals surface area contributed by atoms with Gasteiger partial charge in [-0.25, -0.2) is 0 Å². The van der Waals surface area contributed by atoms with Crippen LogP contribution in [0.3, 0.4) is 0 Å². The number of aliphatic hydroxyl groups is 1. The molecule has 18 heavy (non-hydrogen) atoms. The summed E-state index contributed by atoms with van der Waals surface area (Å²) >= 11 is 0. The average Bonchev–Trinajstić information content (AvgIpc) is 2.80. The Kier molecular flexibility index (Phi) is 3.04. The number of benzene rings is 1. The molecule has 3 atom stereocenters. The van der Waals surface area contributed by atoms with Crippen LogP contribution in [0.4, 0.5) is 0 Å². The van der Waals surface area contributed by atoms with Gasteiger partial charge in [0.15, 0.2) is 0 Å². The van der Waals surface area contributed by atoms with Crippen molar-refractivity contribution in [2.24, 2.45) is 5.92 Å². The molecule has 1 N–H and O–H groups in total. The standard InChI is InChI=1S/C15H21NO2/c1-2-18-14-5-3-4-12(10-14)15(17)7-9-16-8-6-13(15)11-16/h3-5,10,13,17H,2,6-9,11H2,1H3. The monoisotopic (exact) mass is 247 g/mol. The Labute approximate surface area is 108 Å². The lowest BCUT2D eigenvalue weighted by atomic mass is 9.77. The summed E-state index contributed by atoms with van der Waals surface area (Å²) in [5, 5.41) is 11.0. The van der Waals surface area contributed by atoms with E-state index >= 15 is 0 Å². The Morgan fingerprint density at radius 2 is 2.33 bits per heavy atom. The van der Waals surface area contributed by atoms with Crippen molar-refractivity contribution < 1.29 is 9.84 Å². The predicted molar refractivity (Wildman–Crippen MR) is 70.7 cm³/mol. The third-order valence-corrected chi connectivity index (χ3v) is 4.40. The zero-order valence-electron chi connectivity index (χ0n) is 10.9. The predicted octanol–water partition coefficient (Wildman–Crippen LogP) is 2.00. The third-order valence-electron chi connectivity index (χ3n) is 4.40. The van der Waals surface area contributed by atoms with Crippen LogP contribution < -0.4 is 4.74 Å². The van der Waals surface area contributed by atoms with Crippen molar-refractivity contribution in [2.45, 2.75) is 25.4 Å². The molecule has 3 nitrogen and oxygen atoms in total. The van der Waals surface area contributed by atoms with E-state index in [0.29, 0.717) is 12.5 Å². The van der Waals surface area contributed by atoms with Gasteiger partial charge in [-0.3, -0.25) is 0 Å². The fourth-order valence-corrected chi connectivity index (χ4v) is 3.36. The molecule has 1 aromatic carbocycles. The molecule has 0 aliphatic carbocycles. The molecule has 0 spiro atoms. The van der Waals surface area contributed by atoms with Gasteiger partial charge in [-0.05, 0) is 44.0 Å². The second-order valence-corrected chi connectivity index (χ2v) is 5.42. The summed E-state index contributed by atoms with van der Waals surface area (Å²) in [7, 11) is 0. The van der Waals surface area contributed by atoms with Crippen LogP contribution in [0.15, 0.2) is 24.3 Å². The lowest BCUT2D eigenvalue weighted by Gasteiger charge is -2.39. The number of rotatable bonds is 3. The largest absolute Gasteiger partial charge is 0.494 e. The zero-order valence-corrected chi connectivity index (χ0v) is 10.9. The van der Waals surface area contributed by atoms with Crippen LogP contribution in [0.2, 0.25) is 0 Å². The highest BCUT2D eigenvalue weighted by atomic mass is 16.5. The highest BCUT2D eigenvalue weighted by molar-refractivity contribution is 5.33. The second-order valence-electron chi connectivity index (χ2n) is 5.42. The molecule has 2 heterocycles. The minimum absolute atomic E-state index is 0.378. The Balaban J connectivity index is 1.90. The Morgan fingerprint density at radius 1 is 1.44 bits per heavy atom. The maximum atomic E-state index is 11.0. The summed E-state index contributed by atoms with van der Waals surface area (Å²) < 4.78 is 5.54. The van der Waals surface area contributed by atoms with Crippen molar-refractivity contribution in [3.63, 3.8) is 0 Å². The summed E-state index contributed by atoms with van der Waals surface area (Å²) in [5.74, 6) is 1.24. The SMILES string of the molecule is CCOc1cccc(C2(O)CCN3CCC2C3)c1. The Bertz CT molecular complexity index is 434. The van der Waals surface area contributed by atoms with Crippen LogP contribution in [-0.2, 0) is 5.60 Å². The zero-order chi connectivity index (χ0) is 12.6. The van der Waals surface area contributed by atoms with Crippen LogP contribution in [0, 0.1) is 5.92 Å². The molecule has 2 fully saturated rings. The van der Waals surface area contributed by atoms with E-state index in [-0.39, 0.29) is 0 Å². The first-order chi connectivity index (χ1) is 8.72. The van der Waals surface area contributed by atoms with Crippen LogP contribution >= 0.6 is 0 Å². The molecule has 1 aromatic rings. The molecule has 0 saturated carbocycles. The summed E-state index contributed by atoms with van der Waals surface area (Å²) in [6, 6.07) is 7.99. The van der Waals surface area contributed by atoms with Crippen molar-refractivity contribution in [2.75, 3.05) is 26.2 Å². The van der Waals surface area contributed by atoms with E-state index in [1.54, 1.807) is 0 Å². The van der Waals surface area contributed by atoms with Crippen molar-refractivity contribution in [3.05, 3.63) is 29.8 Å². The Hall–Kier alpha value is -1.06. The summed E-state index contributed by atoms with van der Waals surface area (Å²) in [6.45, 7) is 5.83. The van der Waals surface area contributed by atoms with Gasteiger partial charge in [0.1, 0.15) is 5.75 Å². The van der Waals surface area contributed by atoms with E-state index in [0.717, 1.165) is 43.8 Å². The molecule has 2 bridgehead atoms. The second kappa shape index (κ2) is 4.56. The molecule has 3 rings (SSSR count). The van der Waals surface area contributed by atoms with Gasteiger partial charge in [0, 0.05) is 19.0 Å². The quantitative estimate of drug-likeness (QED) is 0.886. The van der Waals surface area contributed by atoms with Gasteiger partial charge in [-0.2, -0.15) is 0 Å². The van der Waals surface area contributed by atoms with Gasteiger partial charge in [-0.15, -0.1) is 0 Å². The van der Waals surface area contributed by atoms with Crippen LogP contribution in [0.25, 0.3) is 0 Å². The number of hydrogen-bond acceptors (Lipinski definition) is 3. The van der Waals surface area contributed by atoms with E-state index in [1.165, 1.54) is 0 Å². The van der Waals surface area contributed by atoms with Crippen LogP contribution in [0.1, 0.15) is 25.3 Å². The first-order valence-electron chi connectivity index (χ1n) is 6.90. The normalized spacial score (nSPS) is 34.6. The third kappa shape index (κ3) is 1.91. The van der Waals surface area contributed by atoms with Crippen molar-refractivity contribution in [3.8, 4) is 5.75 Å². The number of fused-ring (bicyclic) bond motifs is 2. The van der Waals surface area contributed by atoms with Gasteiger partial charge in [0.25, 0.3) is 0 Å². The maximum Gasteiger partial charge on any atom is 0.119 e. The van der Waals surface area contributed by atoms with E-state index in [4.69, 9.17) is 4.74 Å². The number of piperidine rings is 1. The first kappa shape index (κ1) is 12.0. The number of nitrogens with zero attached hydrogens (tertiary/aromatic N) is 1. The van der Waals surface area contributed by atoms with Gasteiger partial charge in [0.2, 0.25) is 0 Å². The summed E-state index contributed by atoms with van der Waals surface area (Å²) in [4.78, 5) is 2.45. The first-order valence-corrected chi connectivity index (χ1v) is 6.90. The van der Waals surface area contributed by atoms with E-state index in [2.05, 4.69) is 4.90 Å². The minimum atomic E-state index is -0.653. The molecule has 2 aliphatic rings. The lowest BCUT2D eigenvalue weighted by molar-refractivity contribution is -0.0503. The van der Waals surface area contributed by atoms with E-state index < -0.39 is 5.60 Å². The molecule has 0 amide bonds. The highest BCUT2D eigenvalue weighted by Gasteiger charge is 2.45. The van der Waals surface area contributed by atoms with Crippen molar-refractivity contribution in [1.82, 2.24) is 4.90 Å². The minimum Gasteiger partial charge on any atom is -0.494 e. The molecule has 98 valence electrons. The van der Waals surface area contributed by atoms with E-state index in [9.17, 15) is 5.11 Å². The Morgan fingerprint density at radius 3 is 3.17 bits per heavy atom. The number of hydrogen-bond donors (Lipinski definition) is 1. The molecule has 2 aliphatic heterocycles. The molecular weight excluding hydrogens is 226 g/mol. The van der Waals surface area contributed by atoms with Gasteiger partial charge < -0.3 is 14.7 Å². The molecule has 2 saturated heterocycles. The smallest absolute Gasteiger partial charge is 0.119 e. The lowest BCUT2D eigenvalue weighted by Crippen LogP contribution is -2.44. The van der Waals surface area contributed by atoms with Gasteiger partial charge in [0.05, 0.1) is 12.2 Å². The average molecular weight is 247 g/mol. The molecule has 3 unspecified atom stereocenters. The highest BCUT2D eigenvalue weighted by Crippen LogP contribution is 2.43. The van der Waals surface area contributed by atoms with Crippen LogP contribution in [-0.4, -0.2) is 36.2 Å². The molecule has 3 heteroatoms. The maximum absolute atomic E-state index is 11.0. The van der Waals surface area contributed by atoms with Crippen molar-refractivity contribution >= 4 is 0 Å². The molecular formula is C15H21NO2. The van der Waals surface area contributed by atoms with Gasteiger partial charge >= 0.3 is 0 Å². The van der Waals surface area contributed by atoms with E-state index in [1.807, 2.05) is 31.2 Å². The fourth-order valence-electron chi connectivity index (χ4n) is 3.36. The topological polar surface area (TPSA) is 32.7 Å². The van der Waals surface area contributed by atoms with Crippen molar-refractivity contribution in [1.29, 1.82) is 0 Å². The summed E-state index contributed by atoms with van der Waals surface area (Å²) in [6.07, 6.45) is 1.95. The molecule has 0 aromatic heterocycles. The number of ether oxygens (including phenoxy) is 1. The fraction of sp³-hybridized carbons (Fsp3) is 0.600. The summed E-state index contributed by atoms with van der Waals surface area (Å²) in [5.41, 5.74) is 0.375. The van der Waals surface area contributed by atoms with Gasteiger partial charge in [-0.1, -0.05) is 12.1 Å². The molecule has 0 radical (unpaired) electrons.